The highest BCUT2D eigenvalue weighted by Gasteiger charge is 2.19. The Bertz CT molecular complexity index is 738. The van der Waals surface area contributed by atoms with Gasteiger partial charge in [0.1, 0.15) is 0 Å². The molecule has 0 spiro atoms. The van der Waals surface area contributed by atoms with Crippen molar-refractivity contribution in [3.8, 4) is 0 Å². The number of rotatable bonds is 4. The molecule has 0 radical (unpaired) electrons. The molecule has 1 heterocycles. The summed E-state index contributed by atoms with van der Waals surface area (Å²) in [6.07, 6.45) is 5.23. The molecular weight excluding hydrogens is 320 g/mol. The van der Waals surface area contributed by atoms with Gasteiger partial charge >= 0.3 is 0 Å². The lowest BCUT2D eigenvalue weighted by atomic mass is 9.89. The summed E-state index contributed by atoms with van der Waals surface area (Å²) in [5, 5.41) is 2.75. The monoisotopic (exact) mass is 350 g/mol. The van der Waals surface area contributed by atoms with Gasteiger partial charge in [-0.15, -0.1) is 0 Å². The number of carbonyl (C=O) groups excluding carboxylic acids is 1. The van der Waals surface area contributed by atoms with Gasteiger partial charge in [0.25, 0.3) is 5.91 Å². The first-order chi connectivity index (χ1) is 12.6. The zero-order chi connectivity index (χ0) is 18.5. The van der Waals surface area contributed by atoms with Crippen molar-refractivity contribution in [2.24, 2.45) is 0 Å². The van der Waals surface area contributed by atoms with Gasteiger partial charge in [-0.2, -0.15) is 0 Å². The van der Waals surface area contributed by atoms with Crippen LogP contribution >= 0.6 is 0 Å². The van der Waals surface area contributed by atoms with Crippen LogP contribution in [0, 0.1) is 0 Å². The molecule has 2 aromatic rings. The van der Waals surface area contributed by atoms with Crippen LogP contribution in [0.4, 0.5) is 5.69 Å². The maximum atomic E-state index is 12.2. The lowest BCUT2D eigenvalue weighted by Gasteiger charge is -2.30. The average molecular weight is 351 g/mol. The predicted molar refractivity (Wildman–Crippen MR) is 109 cm³/mol. The van der Waals surface area contributed by atoms with Gasteiger partial charge in [0.2, 0.25) is 0 Å². The Morgan fingerprint density at radius 2 is 1.81 bits per heavy atom. The Labute approximate surface area is 157 Å². The van der Waals surface area contributed by atoms with Crippen LogP contribution < -0.4 is 10.2 Å². The fourth-order valence-electron chi connectivity index (χ4n) is 4.01. The summed E-state index contributed by atoms with van der Waals surface area (Å²) >= 11 is 0. The van der Waals surface area contributed by atoms with Crippen molar-refractivity contribution >= 4 is 11.6 Å². The van der Waals surface area contributed by atoms with Gasteiger partial charge in [-0.05, 0) is 49.1 Å². The van der Waals surface area contributed by atoms with E-state index in [9.17, 15) is 4.79 Å². The van der Waals surface area contributed by atoms with Crippen molar-refractivity contribution in [1.82, 2.24) is 5.32 Å². The standard InChI is InChI=1S/C23H30N2O/c1-17-9-5-4-8-16-25(17)20-14-12-19(13-15-20)18(2)21-10-6-7-11-22(21)23(26)24-3/h6-7,10-15,17-18H,4-5,8-9,16H2,1-3H3,(H,24,26). The molecule has 1 N–H and O–H groups in total. The first-order valence-electron chi connectivity index (χ1n) is 9.79. The van der Waals surface area contributed by atoms with E-state index < -0.39 is 0 Å². The number of anilines is 1. The Morgan fingerprint density at radius 1 is 1.08 bits per heavy atom. The summed E-state index contributed by atoms with van der Waals surface area (Å²) in [5.74, 6) is 0.154. The third-order valence-corrected chi connectivity index (χ3v) is 5.68. The maximum absolute atomic E-state index is 12.2. The molecule has 2 atom stereocenters. The highest BCUT2D eigenvalue weighted by molar-refractivity contribution is 5.95. The van der Waals surface area contributed by atoms with E-state index in [-0.39, 0.29) is 11.8 Å². The van der Waals surface area contributed by atoms with Gasteiger partial charge in [0.05, 0.1) is 0 Å². The summed E-state index contributed by atoms with van der Waals surface area (Å²) in [6.45, 7) is 5.66. The normalized spacial score (nSPS) is 18.9. The van der Waals surface area contributed by atoms with Gasteiger partial charge in [-0.3, -0.25) is 4.79 Å². The van der Waals surface area contributed by atoms with E-state index in [4.69, 9.17) is 0 Å². The molecular formula is C23H30N2O. The topological polar surface area (TPSA) is 32.3 Å². The highest BCUT2D eigenvalue weighted by atomic mass is 16.1. The fraction of sp³-hybridized carbons (Fsp3) is 0.435. The van der Waals surface area contributed by atoms with Crippen molar-refractivity contribution < 1.29 is 4.79 Å². The zero-order valence-electron chi connectivity index (χ0n) is 16.2. The van der Waals surface area contributed by atoms with E-state index in [0.29, 0.717) is 6.04 Å². The number of nitrogens with one attached hydrogen (secondary N) is 1. The van der Waals surface area contributed by atoms with Crippen LogP contribution in [0.2, 0.25) is 0 Å². The van der Waals surface area contributed by atoms with Gasteiger partial charge in [-0.1, -0.05) is 50.1 Å². The summed E-state index contributed by atoms with van der Waals surface area (Å²) < 4.78 is 0. The van der Waals surface area contributed by atoms with Crippen LogP contribution in [-0.2, 0) is 0 Å². The summed E-state index contributed by atoms with van der Waals surface area (Å²) in [6, 6.07) is 17.4. The molecule has 1 aliphatic rings. The highest BCUT2D eigenvalue weighted by Crippen LogP contribution is 2.30. The van der Waals surface area contributed by atoms with Crippen LogP contribution in [0.3, 0.4) is 0 Å². The second-order valence-corrected chi connectivity index (χ2v) is 7.37. The Kier molecular flexibility index (Phi) is 5.97. The van der Waals surface area contributed by atoms with Crippen LogP contribution in [0.15, 0.2) is 48.5 Å². The molecule has 2 unspecified atom stereocenters. The number of benzene rings is 2. The minimum atomic E-state index is -0.0255. The van der Waals surface area contributed by atoms with Crippen LogP contribution in [-0.4, -0.2) is 25.5 Å². The molecule has 1 fully saturated rings. The second kappa shape index (κ2) is 8.39. The quantitative estimate of drug-likeness (QED) is 0.844. The van der Waals surface area contributed by atoms with Crippen molar-refractivity contribution in [2.45, 2.75) is 51.5 Å². The van der Waals surface area contributed by atoms with Crippen LogP contribution in [0.5, 0.6) is 0 Å². The number of nitrogens with zero attached hydrogens (tertiary/aromatic N) is 1. The number of hydrogen-bond donors (Lipinski definition) is 1. The summed E-state index contributed by atoms with van der Waals surface area (Å²) in [7, 11) is 1.68. The molecule has 0 aliphatic carbocycles. The summed E-state index contributed by atoms with van der Waals surface area (Å²) in [5.41, 5.74) is 4.39. The Balaban J connectivity index is 1.83. The van der Waals surface area contributed by atoms with Gasteiger partial charge in [0.15, 0.2) is 0 Å². The molecule has 26 heavy (non-hydrogen) atoms. The number of carbonyl (C=O) groups is 1. The number of hydrogen-bond acceptors (Lipinski definition) is 2. The molecule has 1 aliphatic heterocycles. The Morgan fingerprint density at radius 3 is 2.54 bits per heavy atom. The molecule has 2 aromatic carbocycles. The molecule has 3 rings (SSSR count). The van der Waals surface area contributed by atoms with Gasteiger partial charge in [-0.25, -0.2) is 0 Å². The zero-order valence-corrected chi connectivity index (χ0v) is 16.2. The average Bonchev–Trinajstić information content (AvgIpc) is 2.91. The molecule has 3 heteroatoms. The minimum absolute atomic E-state index is 0.0255. The lowest BCUT2D eigenvalue weighted by Crippen LogP contribution is -2.32. The SMILES string of the molecule is CNC(=O)c1ccccc1C(C)c1ccc(N2CCCCCC2C)cc1. The molecule has 1 amide bonds. The van der Waals surface area contributed by atoms with Gasteiger partial charge < -0.3 is 10.2 Å². The van der Waals surface area contributed by atoms with Crippen molar-refractivity contribution in [1.29, 1.82) is 0 Å². The third kappa shape index (κ3) is 3.92. The van der Waals surface area contributed by atoms with E-state index in [2.05, 4.69) is 54.4 Å². The van der Waals surface area contributed by atoms with Crippen molar-refractivity contribution in [3.63, 3.8) is 0 Å². The van der Waals surface area contributed by atoms with E-state index in [1.54, 1.807) is 7.05 Å². The van der Waals surface area contributed by atoms with Crippen molar-refractivity contribution in [3.05, 3.63) is 65.2 Å². The predicted octanol–water partition coefficient (Wildman–Crippen LogP) is 4.97. The van der Waals surface area contributed by atoms with E-state index in [1.807, 2.05) is 18.2 Å². The van der Waals surface area contributed by atoms with E-state index in [0.717, 1.165) is 17.7 Å². The second-order valence-electron chi connectivity index (χ2n) is 7.37. The summed E-state index contributed by atoms with van der Waals surface area (Å²) in [4.78, 5) is 14.7. The lowest BCUT2D eigenvalue weighted by molar-refractivity contribution is 0.0962. The van der Waals surface area contributed by atoms with E-state index in [1.165, 1.54) is 36.9 Å². The molecule has 0 saturated carbocycles. The minimum Gasteiger partial charge on any atom is -0.369 e. The molecule has 3 nitrogen and oxygen atoms in total. The molecule has 0 bridgehead atoms. The van der Waals surface area contributed by atoms with Crippen LogP contribution in [0.1, 0.15) is 66.9 Å². The molecule has 138 valence electrons. The van der Waals surface area contributed by atoms with Crippen LogP contribution in [0.25, 0.3) is 0 Å². The van der Waals surface area contributed by atoms with Crippen molar-refractivity contribution in [2.75, 3.05) is 18.5 Å². The molecule has 1 saturated heterocycles. The number of amides is 1. The first kappa shape index (κ1) is 18.5. The third-order valence-electron chi connectivity index (χ3n) is 5.68. The largest absolute Gasteiger partial charge is 0.369 e. The Hall–Kier alpha value is -2.29. The molecule has 0 aromatic heterocycles. The maximum Gasteiger partial charge on any atom is 0.251 e. The van der Waals surface area contributed by atoms with Gasteiger partial charge in [0, 0.05) is 36.8 Å². The van der Waals surface area contributed by atoms with E-state index >= 15 is 0 Å². The first-order valence-corrected chi connectivity index (χ1v) is 9.79. The smallest absolute Gasteiger partial charge is 0.251 e. The fourth-order valence-corrected chi connectivity index (χ4v) is 4.01.